The maximum absolute atomic E-state index is 15.3. The Kier molecular flexibility index (Phi) is 5.10. The highest BCUT2D eigenvalue weighted by atomic mass is 19.1. The summed E-state index contributed by atoms with van der Waals surface area (Å²) >= 11 is 0. The molecule has 4 aliphatic carbocycles. The molecule has 7 heteroatoms. The molecule has 0 spiro atoms. The molecule has 2 saturated carbocycles. The smallest absolute Gasteiger partial charge is 0.303 e. The number of aliphatic hydroxyl groups excluding tert-OH is 1. The van der Waals surface area contributed by atoms with Crippen LogP contribution in [0.15, 0.2) is 23.6 Å². The van der Waals surface area contributed by atoms with E-state index < -0.39 is 46.8 Å². The predicted molar refractivity (Wildman–Crippen MR) is 109 cm³/mol. The van der Waals surface area contributed by atoms with E-state index in [1.807, 2.05) is 6.92 Å². The van der Waals surface area contributed by atoms with Crippen LogP contribution in [0.1, 0.15) is 53.4 Å². The van der Waals surface area contributed by atoms with E-state index >= 15 is 4.39 Å². The van der Waals surface area contributed by atoms with Gasteiger partial charge in [-0.25, -0.2) is 4.39 Å². The van der Waals surface area contributed by atoms with Gasteiger partial charge in [0.25, 0.3) is 0 Å². The van der Waals surface area contributed by atoms with Crippen molar-refractivity contribution in [1.29, 1.82) is 0 Å². The van der Waals surface area contributed by atoms with Gasteiger partial charge in [-0.2, -0.15) is 0 Å². The monoisotopic (exact) mass is 434 g/mol. The van der Waals surface area contributed by atoms with E-state index in [2.05, 4.69) is 0 Å². The summed E-state index contributed by atoms with van der Waals surface area (Å²) in [6.45, 7) is 6.14. The second-order valence-corrected chi connectivity index (χ2v) is 10.4. The number of carbonyl (C=O) groups is 3. The van der Waals surface area contributed by atoms with Gasteiger partial charge in [-0.15, -0.1) is 0 Å². The second kappa shape index (κ2) is 7.07. The van der Waals surface area contributed by atoms with Crippen LogP contribution < -0.4 is 0 Å². The van der Waals surface area contributed by atoms with Crippen molar-refractivity contribution in [2.24, 2.45) is 34.5 Å². The SMILES string of the molecule is CC(=O)OCC(=O)[C@@]1(O)[C@H](C)CC2C3CC(F)=C4CC(=O)C=C[C@]4(C)C3[C@@H](O)C[C@@]21C. The lowest BCUT2D eigenvalue weighted by Crippen LogP contribution is -2.62. The molecule has 0 aliphatic heterocycles. The van der Waals surface area contributed by atoms with E-state index in [0.29, 0.717) is 12.0 Å². The van der Waals surface area contributed by atoms with E-state index in [4.69, 9.17) is 4.74 Å². The topological polar surface area (TPSA) is 101 Å². The van der Waals surface area contributed by atoms with Gasteiger partial charge in [-0.1, -0.05) is 26.8 Å². The molecule has 3 unspecified atom stereocenters. The van der Waals surface area contributed by atoms with Crippen molar-refractivity contribution >= 4 is 17.5 Å². The Bertz CT molecular complexity index is 908. The molecular weight excluding hydrogens is 403 g/mol. The third kappa shape index (κ3) is 2.92. The van der Waals surface area contributed by atoms with Gasteiger partial charge in [-0.05, 0) is 42.2 Å². The highest BCUT2D eigenvalue weighted by Crippen LogP contribution is 2.68. The fraction of sp³-hybridized carbons (Fsp3) is 0.708. The predicted octanol–water partition coefficient (Wildman–Crippen LogP) is 2.67. The fourth-order valence-electron chi connectivity index (χ4n) is 7.51. The number of ether oxygens (including phenoxy) is 1. The Hall–Kier alpha value is -1.86. The second-order valence-electron chi connectivity index (χ2n) is 10.4. The number of halogens is 1. The van der Waals surface area contributed by atoms with Crippen molar-refractivity contribution in [3.05, 3.63) is 23.6 Å². The van der Waals surface area contributed by atoms with E-state index in [-0.39, 0.29) is 48.6 Å². The van der Waals surface area contributed by atoms with Crippen LogP contribution in [0.25, 0.3) is 0 Å². The minimum absolute atomic E-state index is 0.0257. The molecule has 0 aromatic heterocycles. The first kappa shape index (κ1) is 22.3. The molecule has 0 bridgehead atoms. The molecule has 0 radical (unpaired) electrons. The van der Waals surface area contributed by atoms with Crippen LogP contribution in [0.4, 0.5) is 4.39 Å². The summed E-state index contributed by atoms with van der Waals surface area (Å²) in [5, 5.41) is 23.0. The highest BCUT2D eigenvalue weighted by molar-refractivity contribution is 5.93. The van der Waals surface area contributed by atoms with Crippen LogP contribution in [0.5, 0.6) is 0 Å². The molecule has 0 heterocycles. The third-order valence-corrected chi connectivity index (χ3v) is 8.92. The summed E-state index contributed by atoms with van der Waals surface area (Å²) in [5.74, 6) is -2.85. The third-order valence-electron chi connectivity index (χ3n) is 8.92. The van der Waals surface area contributed by atoms with Gasteiger partial charge in [-0.3, -0.25) is 14.4 Å². The molecule has 31 heavy (non-hydrogen) atoms. The Labute approximate surface area is 181 Å². The number of ketones is 2. The van der Waals surface area contributed by atoms with Crippen LogP contribution in [0.3, 0.4) is 0 Å². The maximum atomic E-state index is 15.3. The first-order chi connectivity index (χ1) is 14.4. The standard InChI is InChI=1S/C24H31FO6/c1-12-7-16-15-9-18(25)17-8-14(27)5-6-22(17,3)21(15)19(28)10-23(16,4)24(12,30)20(29)11-31-13(2)26/h5-6,12,15-16,19,21,28,30H,7-11H2,1-4H3/t12-,15?,16?,19+,21?,22+,23+,24+/m1/s1. The highest BCUT2D eigenvalue weighted by Gasteiger charge is 2.70. The number of Topliss-reactive ketones (excluding diaryl/α,β-unsaturated/α-hetero) is 1. The van der Waals surface area contributed by atoms with Crippen molar-refractivity contribution in [3.8, 4) is 0 Å². The molecule has 0 aromatic rings. The molecule has 2 N–H and O–H groups in total. The molecule has 0 aromatic carbocycles. The van der Waals surface area contributed by atoms with Crippen LogP contribution in [0.2, 0.25) is 0 Å². The first-order valence-electron chi connectivity index (χ1n) is 11.0. The average Bonchev–Trinajstić information content (AvgIpc) is 2.88. The minimum Gasteiger partial charge on any atom is -0.458 e. The van der Waals surface area contributed by atoms with Crippen LogP contribution in [-0.4, -0.2) is 46.1 Å². The summed E-state index contributed by atoms with van der Waals surface area (Å²) in [5.41, 5.74) is -3.07. The van der Waals surface area contributed by atoms with Gasteiger partial charge in [0.05, 0.1) is 6.10 Å². The minimum atomic E-state index is -1.78. The quantitative estimate of drug-likeness (QED) is 0.663. The van der Waals surface area contributed by atoms with Crippen molar-refractivity contribution < 1.29 is 33.7 Å². The molecule has 6 nitrogen and oxygen atoms in total. The Morgan fingerprint density at radius 2 is 2.00 bits per heavy atom. The van der Waals surface area contributed by atoms with Gasteiger partial charge < -0.3 is 14.9 Å². The lowest BCUT2D eigenvalue weighted by Gasteiger charge is -2.59. The molecule has 4 rings (SSSR count). The maximum Gasteiger partial charge on any atom is 0.303 e. The number of carbonyl (C=O) groups excluding carboxylic acids is 3. The number of hydrogen-bond donors (Lipinski definition) is 2. The number of allylic oxidation sites excluding steroid dienone is 4. The average molecular weight is 435 g/mol. The summed E-state index contributed by atoms with van der Waals surface area (Å²) < 4.78 is 20.2. The van der Waals surface area contributed by atoms with E-state index in [1.54, 1.807) is 19.9 Å². The normalized spacial score (nSPS) is 46.3. The van der Waals surface area contributed by atoms with Crippen molar-refractivity contribution in [2.45, 2.75) is 65.1 Å². The number of hydrogen-bond acceptors (Lipinski definition) is 6. The summed E-state index contributed by atoms with van der Waals surface area (Å²) in [6.07, 6.45) is 3.14. The zero-order valence-corrected chi connectivity index (χ0v) is 18.5. The van der Waals surface area contributed by atoms with E-state index in [9.17, 15) is 24.6 Å². The first-order valence-corrected chi connectivity index (χ1v) is 11.0. The van der Waals surface area contributed by atoms with Crippen LogP contribution in [0, 0.1) is 34.5 Å². The van der Waals surface area contributed by atoms with Crippen molar-refractivity contribution in [1.82, 2.24) is 0 Å². The number of fused-ring (bicyclic) bond motifs is 5. The molecule has 0 saturated heterocycles. The zero-order chi connectivity index (χ0) is 22.9. The van der Waals surface area contributed by atoms with Gasteiger partial charge in [0.2, 0.25) is 5.78 Å². The molecule has 2 fully saturated rings. The molecule has 170 valence electrons. The Morgan fingerprint density at radius 3 is 2.65 bits per heavy atom. The Morgan fingerprint density at radius 1 is 1.32 bits per heavy atom. The largest absolute Gasteiger partial charge is 0.458 e. The zero-order valence-electron chi connectivity index (χ0n) is 18.5. The van der Waals surface area contributed by atoms with Gasteiger partial charge >= 0.3 is 5.97 Å². The number of esters is 1. The fourth-order valence-corrected chi connectivity index (χ4v) is 7.51. The van der Waals surface area contributed by atoms with Crippen molar-refractivity contribution in [2.75, 3.05) is 6.61 Å². The van der Waals surface area contributed by atoms with Gasteiger partial charge in [0.15, 0.2) is 12.4 Å². The van der Waals surface area contributed by atoms with Crippen LogP contribution >= 0.6 is 0 Å². The van der Waals surface area contributed by atoms with E-state index in [1.165, 1.54) is 13.0 Å². The number of rotatable bonds is 3. The van der Waals surface area contributed by atoms with Crippen molar-refractivity contribution in [3.63, 3.8) is 0 Å². The molecule has 8 atom stereocenters. The molecular formula is C24H31FO6. The van der Waals surface area contributed by atoms with Crippen LogP contribution in [-0.2, 0) is 19.1 Å². The van der Waals surface area contributed by atoms with E-state index in [0.717, 1.165) is 0 Å². The Balaban J connectivity index is 1.75. The summed E-state index contributed by atoms with van der Waals surface area (Å²) in [4.78, 5) is 36.2. The lowest BCUT2D eigenvalue weighted by molar-refractivity contribution is -0.185. The summed E-state index contributed by atoms with van der Waals surface area (Å²) in [7, 11) is 0. The summed E-state index contributed by atoms with van der Waals surface area (Å²) in [6, 6.07) is 0. The van der Waals surface area contributed by atoms with Gasteiger partial charge in [0.1, 0.15) is 11.4 Å². The molecule has 4 aliphatic rings. The van der Waals surface area contributed by atoms with Gasteiger partial charge in [0, 0.05) is 36.5 Å². The number of aliphatic hydroxyl groups is 2. The lowest BCUT2D eigenvalue weighted by atomic mass is 9.46. The molecule has 0 amide bonds.